The van der Waals surface area contributed by atoms with Gasteiger partial charge in [-0.1, -0.05) is 13.8 Å². The number of nitro benzene ring substituents is 1. The molecule has 1 fully saturated rings. The quantitative estimate of drug-likeness (QED) is 0.586. The molecule has 0 radical (unpaired) electrons. The van der Waals surface area contributed by atoms with Crippen LogP contribution in [0, 0.1) is 16.0 Å². The van der Waals surface area contributed by atoms with Gasteiger partial charge in [0, 0.05) is 37.3 Å². The van der Waals surface area contributed by atoms with E-state index in [4.69, 9.17) is 4.74 Å². The molecule has 2 rings (SSSR count). The summed E-state index contributed by atoms with van der Waals surface area (Å²) in [6, 6.07) is 4.60. The lowest BCUT2D eigenvalue weighted by atomic mass is 10.0. The van der Waals surface area contributed by atoms with Crippen molar-refractivity contribution in [3.63, 3.8) is 0 Å². The van der Waals surface area contributed by atoms with E-state index < -0.39 is 4.92 Å². The SMILES string of the molecule is CC(C)C(CNC(=O)c1ccc(Br)c([N+](=O)[O-])c1)N1CCOCC1. The molecule has 1 N–H and O–H groups in total. The zero-order chi connectivity index (χ0) is 17.7. The summed E-state index contributed by atoms with van der Waals surface area (Å²) in [6.07, 6.45) is 0. The third kappa shape index (κ3) is 4.75. The number of halogens is 1. The fourth-order valence-electron chi connectivity index (χ4n) is 2.79. The number of nitrogens with one attached hydrogen (secondary N) is 1. The van der Waals surface area contributed by atoms with Crippen LogP contribution in [0.15, 0.2) is 22.7 Å². The molecule has 1 aliphatic heterocycles. The zero-order valence-corrected chi connectivity index (χ0v) is 15.4. The van der Waals surface area contributed by atoms with Crippen molar-refractivity contribution in [3.8, 4) is 0 Å². The highest BCUT2D eigenvalue weighted by atomic mass is 79.9. The molecule has 1 unspecified atom stereocenters. The summed E-state index contributed by atoms with van der Waals surface area (Å²) >= 11 is 3.12. The van der Waals surface area contributed by atoms with Crippen molar-refractivity contribution in [3.05, 3.63) is 38.3 Å². The van der Waals surface area contributed by atoms with Crippen LogP contribution in [0.1, 0.15) is 24.2 Å². The summed E-state index contributed by atoms with van der Waals surface area (Å²) in [5, 5.41) is 13.9. The Kier molecular flexibility index (Phi) is 6.70. The summed E-state index contributed by atoms with van der Waals surface area (Å²) in [5.41, 5.74) is 0.172. The minimum atomic E-state index is -0.508. The number of ether oxygens (including phenoxy) is 1. The van der Waals surface area contributed by atoms with Gasteiger partial charge in [-0.25, -0.2) is 0 Å². The van der Waals surface area contributed by atoms with Crippen molar-refractivity contribution in [2.24, 2.45) is 5.92 Å². The molecule has 1 aromatic rings. The highest BCUT2D eigenvalue weighted by Gasteiger charge is 2.24. The Morgan fingerprint density at radius 1 is 1.42 bits per heavy atom. The molecule has 0 bridgehead atoms. The average Bonchev–Trinajstić information content (AvgIpc) is 2.55. The van der Waals surface area contributed by atoms with Crippen LogP contribution in [-0.4, -0.2) is 54.6 Å². The molecule has 24 heavy (non-hydrogen) atoms. The van der Waals surface area contributed by atoms with Crippen molar-refractivity contribution in [2.75, 3.05) is 32.8 Å². The fourth-order valence-corrected chi connectivity index (χ4v) is 3.18. The molecule has 7 nitrogen and oxygen atoms in total. The second-order valence-electron chi connectivity index (χ2n) is 6.09. The Labute approximate surface area is 149 Å². The molecule has 1 atom stereocenters. The number of nitro groups is 1. The topological polar surface area (TPSA) is 84.7 Å². The standard InChI is InChI=1S/C16H22BrN3O4/c1-11(2)15(19-5-7-24-8-6-19)10-18-16(21)12-3-4-13(17)14(9-12)20(22)23/h3-4,9,11,15H,5-8,10H2,1-2H3,(H,18,21). The van der Waals surface area contributed by atoms with Gasteiger partial charge in [-0.2, -0.15) is 0 Å². The highest BCUT2D eigenvalue weighted by molar-refractivity contribution is 9.10. The number of hydrogen-bond donors (Lipinski definition) is 1. The summed E-state index contributed by atoms with van der Waals surface area (Å²) < 4.78 is 5.73. The number of nitrogens with zero attached hydrogens (tertiary/aromatic N) is 2. The van der Waals surface area contributed by atoms with Crippen molar-refractivity contribution >= 4 is 27.5 Å². The first-order valence-corrected chi connectivity index (χ1v) is 8.73. The monoisotopic (exact) mass is 399 g/mol. The lowest BCUT2D eigenvalue weighted by molar-refractivity contribution is -0.385. The minimum Gasteiger partial charge on any atom is -0.379 e. The summed E-state index contributed by atoms with van der Waals surface area (Å²) in [7, 11) is 0. The second kappa shape index (κ2) is 8.55. The van der Waals surface area contributed by atoms with Gasteiger partial charge < -0.3 is 10.1 Å². The zero-order valence-electron chi connectivity index (χ0n) is 13.8. The lowest BCUT2D eigenvalue weighted by Gasteiger charge is -2.36. The molecule has 0 saturated carbocycles. The van der Waals surface area contributed by atoms with Gasteiger partial charge in [-0.3, -0.25) is 19.8 Å². The molecular formula is C16H22BrN3O4. The third-order valence-corrected chi connectivity index (χ3v) is 4.83. The van der Waals surface area contributed by atoms with Gasteiger partial charge in [-0.15, -0.1) is 0 Å². The van der Waals surface area contributed by atoms with E-state index in [1.807, 2.05) is 0 Å². The molecule has 0 aliphatic carbocycles. The Hall–Kier alpha value is -1.51. The van der Waals surface area contributed by atoms with E-state index in [2.05, 4.69) is 40.0 Å². The van der Waals surface area contributed by atoms with Gasteiger partial charge in [0.05, 0.1) is 22.6 Å². The summed E-state index contributed by atoms with van der Waals surface area (Å²) in [6.45, 7) is 7.85. The fraction of sp³-hybridized carbons (Fsp3) is 0.562. The number of carbonyl (C=O) groups is 1. The van der Waals surface area contributed by atoms with E-state index in [0.717, 1.165) is 13.1 Å². The second-order valence-corrected chi connectivity index (χ2v) is 6.95. The predicted molar refractivity (Wildman–Crippen MR) is 94.1 cm³/mol. The Bertz CT molecular complexity index is 603. The predicted octanol–water partition coefficient (Wildman–Crippen LogP) is 2.44. The van der Waals surface area contributed by atoms with Crippen LogP contribution in [0.5, 0.6) is 0 Å². The minimum absolute atomic E-state index is 0.115. The van der Waals surface area contributed by atoms with Crippen LogP contribution in [-0.2, 0) is 4.74 Å². The van der Waals surface area contributed by atoms with E-state index in [1.54, 1.807) is 6.07 Å². The number of morpholine rings is 1. The van der Waals surface area contributed by atoms with Gasteiger partial charge in [-0.05, 0) is 34.0 Å². The Morgan fingerprint density at radius 3 is 2.67 bits per heavy atom. The largest absolute Gasteiger partial charge is 0.379 e. The van der Waals surface area contributed by atoms with Crippen molar-refractivity contribution in [1.29, 1.82) is 0 Å². The first kappa shape index (κ1) is 18.8. The van der Waals surface area contributed by atoms with Gasteiger partial charge in [0.1, 0.15) is 0 Å². The molecule has 1 aliphatic rings. The van der Waals surface area contributed by atoms with Gasteiger partial charge in [0.2, 0.25) is 0 Å². The molecule has 0 spiro atoms. The van der Waals surface area contributed by atoms with Crippen LogP contribution in [0.3, 0.4) is 0 Å². The average molecular weight is 400 g/mol. The van der Waals surface area contributed by atoms with Crippen LogP contribution in [0.25, 0.3) is 0 Å². The molecule has 1 aromatic carbocycles. The van der Waals surface area contributed by atoms with Crippen molar-refractivity contribution in [2.45, 2.75) is 19.9 Å². The highest BCUT2D eigenvalue weighted by Crippen LogP contribution is 2.25. The van der Waals surface area contributed by atoms with E-state index in [0.29, 0.717) is 30.1 Å². The van der Waals surface area contributed by atoms with Crippen LogP contribution >= 0.6 is 15.9 Å². The van der Waals surface area contributed by atoms with Gasteiger partial charge >= 0.3 is 0 Å². The van der Waals surface area contributed by atoms with E-state index >= 15 is 0 Å². The molecule has 1 heterocycles. The molecule has 1 saturated heterocycles. The maximum Gasteiger partial charge on any atom is 0.284 e. The number of carbonyl (C=O) groups excluding carboxylic acids is 1. The Balaban J connectivity index is 2.02. The number of hydrogen-bond acceptors (Lipinski definition) is 5. The maximum atomic E-state index is 12.3. The van der Waals surface area contributed by atoms with Gasteiger partial charge in [0.25, 0.3) is 11.6 Å². The molecule has 8 heteroatoms. The molecular weight excluding hydrogens is 378 g/mol. The smallest absolute Gasteiger partial charge is 0.284 e. The maximum absolute atomic E-state index is 12.3. The van der Waals surface area contributed by atoms with Crippen molar-refractivity contribution in [1.82, 2.24) is 10.2 Å². The summed E-state index contributed by atoms with van der Waals surface area (Å²) in [5.74, 6) is 0.0761. The number of rotatable bonds is 6. The first-order chi connectivity index (χ1) is 11.4. The number of amides is 1. The molecule has 132 valence electrons. The normalized spacial score (nSPS) is 16.8. The van der Waals surface area contributed by atoms with Gasteiger partial charge in [0.15, 0.2) is 0 Å². The summed E-state index contributed by atoms with van der Waals surface area (Å²) in [4.78, 5) is 25.1. The van der Waals surface area contributed by atoms with Crippen LogP contribution in [0.4, 0.5) is 5.69 Å². The van der Waals surface area contributed by atoms with E-state index in [9.17, 15) is 14.9 Å². The van der Waals surface area contributed by atoms with E-state index in [-0.39, 0.29) is 23.2 Å². The first-order valence-electron chi connectivity index (χ1n) is 7.94. The number of benzene rings is 1. The molecule has 1 amide bonds. The lowest BCUT2D eigenvalue weighted by Crippen LogP contribution is -2.51. The van der Waals surface area contributed by atoms with Crippen molar-refractivity contribution < 1.29 is 14.5 Å². The third-order valence-electron chi connectivity index (χ3n) is 4.16. The van der Waals surface area contributed by atoms with E-state index in [1.165, 1.54) is 12.1 Å². The Morgan fingerprint density at radius 2 is 2.08 bits per heavy atom. The van der Waals surface area contributed by atoms with Crippen LogP contribution < -0.4 is 5.32 Å². The van der Waals surface area contributed by atoms with Crippen LogP contribution in [0.2, 0.25) is 0 Å². The molecule has 0 aromatic heterocycles.